The van der Waals surface area contributed by atoms with Crippen LogP contribution in [0.3, 0.4) is 0 Å². The van der Waals surface area contributed by atoms with Gasteiger partial charge in [-0.3, -0.25) is 9.59 Å². The first kappa shape index (κ1) is 23.1. The van der Waals surface area contributed by atoms with Crippen molar-refractivity contribution in [2.24, 2.45) is 0 Å². The smallest absolute Gasteiger partial charge is 0.234 e. The summed E-state index contributed by atoms with van der Waals surface area (Å²) in [5, 5.41) is 2.90. The summed E-state index contributed by atoms with van der Waals surface area (Å²) in [5.41, 5.74) is 4.42. The lowest BCUT2D eigenvalue weighted by Crippen LogP contribution is -2.49. The average molecular weight is 481 g/mol. The molecular weight excluding hydrogens is 448 g/mol. The molecular formula is C27H32N2O4S. The molecule has 5 rings (SSSR count). The van der Waals surface area contributed by atoms with E-state index >= 15 is 0 Å². The van der Waals surface area contributed by atoms with Gasteiger partial charge in [-0.25, -0.2) is 0 Å². The van der Waals surface area contributed by atoms with Gasteiger partial charge in [-0.1, -0.05) is 30.5 Å². The molecule has 1 unspecified atom stereocenters. The van der Waals surface area contributed by atoms with Gasteiger partial charge in [-0.2, -0.15) is 0 Å². The number of thioether (sulfide) groups is 1. The number of nitrogens with one attached hydrogen (secondary N) is 1. The summed E-state index contributed by atoms with van der Waals surface area (Å²) >= 11 is 1.37. The minimum absolute atomic E-state index is 0.0131. The second-order valence-electron chi connectivity index (χ2n) is 9.68. The standard InChI is InChI=1S/C27H32N2O4S/c1-18-5-7-20(8-6-18)28-25(30)15-34-16-26(31)29-17-27(9-3-4-10-27)22-14-24-23(32-11-12-33-24)13-21(22)19(29)2/h5-8,13-14,19H,3-4,9-12,15-17H2,1-2H3,(H,28,30). The second kappa shape index (κ2) is 9.53. The average Bonchev–Trinajstić information content (AvgIpc) is 3.31. The number of nitrogens with zero attached hydrogens (tertiary/aromatic N) is 1. The van der Waals surface area contributed by atoms with E-state index in [2.05, 4.69) is 24.4 Å². The van der Waals surface area contributed by atoms with E-state index < -0.39 is 0 Å². The number of ether oxygens (including phenoxy) is 2. The summed E-state index contributed by atoms with van der Waals surface area (Å²) in [6.45, 7) is 5.97. The lowest BCUT2D eigenvalue weighted by atomic mass is 9.71. The first-order valence-corrected chi connectivity index (χ1v) is 13.3. The Morgan fingerprint density at radius 1 is 1.06 bits per heavy atom. The number of fused-ring (bicyclic) bond motifs is 3. The second-order valence-corrected chi connectivity index (χ2v) is 10.7. The Labute approximate surface area is 205 Å². The Kier molecular flexibility index (Phi) is 6.47. The largest absolute Gasteiger partial charge is 0.486 e. The van der Waals surface area contributed by atoms with Gasteiger partial charge in [-0.05, 0) is 62.1 Å². The maximum absolute atomic E-state index is 13.3. The Hall–Kier alpha value is -2.67. The molecule has 6 nitrogen and oxygen atoms in total. The maximum Gasteiger partial charge on any atom is 0.234 e. The monoisotopic (exact) mass is 480 g/mol. The van der Waals surface area contributed by atoms with Crippen LogP contribution in [0.25, 0.3) is 0 Å². The zero-order valence-electron chi connectivity index (χ0n) is 19.9. The summed E-state index contributed by atoms with van der Waals surface area (Å²) in [7, 11) is 0. The number of anilines is 1. The third-order valence-electron chi connectivity index (χ3n) is 7.35. The number of aryl methyl sites for hydroxylation is 1. The van der Waals surface area contributed by atoms with Crippen LogP contribution >= 0.6 is 11.8 Å². The molecule has 180 valence electrons. The minimum atomic E-state index is -0.0882. The molecule has 3 aliphatic rings. The Bertz CT molecular complexity index is 1080. The maximum atomic E-state index is 13.3. The van der Waals surface area contributed by atoms with E-state index in [1.807, 2.05) is 36.1 Å². The highest BCUT2D eigenvalue weighted by Gasteiger charge is 2.46. The fourth-order valence-electron chi connectivity index (χ4n) is 5.56. The molecule has 0 saturated heterocycles. The van der Waals surface area contributed by atoms with Gasteiger partial charge >= 0.3 is 0 Å². The minimum Gasteiger partial charge on any atom is -0.486 e. The van der Waals surface area contributed by atoms with Gasteiger partial charge in [0.2, 0.25) is 11.8 Å². The molecule has 1 fully saturated rings. The van der Waals surface area contributed by atoms with Crippen molar-refractivity contribution in [1.82, 2.24) is 4.90 Å². The molecule has 1 atom stereocenters. The van der Waals surface area contributed by atoms with Crippen molar-refractivity contribution in [2.75, 3.05) is 36.6 Å². The third-order valence-corrected chi connectivity index (χ3v) is 8.27. The zero-order chi connectivity index (χ0) is 23.7. The first-order chi connectivity index (χ1) is 16.4. The van der Waals surface area contributed by atoms with Crippen molar-refractivity contribution in [1.29, 1.82) is 0 Å². The molecule has 0 radical (unpaired) electrons. The highest BCUT2D eigenvalue weighted by molar-refractivity contribution is 8.00. The fourth-order valence-corrected chi connectivity index (χ4v) is 6.26. The predicted octanol–water partition coefficient (Wildman–Crippen LogP) is 4.85. The SMILES string of the molecule is Cc1ccc(NC(=O)CSCC(=O)N2CC3(CCCC3)c3cc4c(cc3C2C)OCCO4)cc1. The van der Waals surface area contributed by atoms with Crippen LogP contribution in [0.1, 0.15) is 55.3 Å². The quantitative estimate of drug-likeness (QED) is 0.662. The van der Waals surface area contributed by atoms with E-state index in [9.17, 15) is 9.59 Å². The van der Waals surface area contributed by atoms with Gasteiger partial charge in [0.25, 0.3) is 0 Å². The molecule has 34 heavy (non-hydrogen) atoms. The van der Waals surface area contributed by atoms with Crippen LogP contribution in [0.2, 0.25) is 0 Å². The van der Waals surface area contributed by atoms with Gasteiger partial charge in [0.1, 0.15) is 13.2 Å². The highest BCUT2D eigenvalue weighted by Crippen LogP contribution is 2.52. The van der Waals surface area contributed by atoms with Crippen molar-refractivity contribution >= 4 is 29.3 Å². The molecule has 1 aliphatic carbocycles. The Balaban J connectivity index is 1.27. The van der Waals surface area contributed by atoms with Crippen LogP contribution in [0, 0.1) is 6.92 Å². The lowest BCUT2D eigenvalue weighted by molar-refractivity contribution is -0.132. The number of hydrogen-bond donors (Lipinski definition) is 1. The summed E-state index contributed by atoms with van der Waals surface area (Å²) in [6, 6.07) is 12.0. The van der Waals surface area contributed by atoms with Crippen LogP contribution in [0.4, 0.5) is 5.69 Å². The Morgan fingerprint density at radius 3 is 2.44 bits per heavy atom. The van der Waals surface area contributed by atoms with Crippen molar-refractivity contribution in [3.63, 3.8) is 0 Å². The van der Waals surface area contributed by atoms with Crippen LogP contribution in [-0.4, -0.2) is 48.0 Å². The molecule has 1 spiro atoms. The number of amides is 2. The van der Waals surface area contributed by atoms with Crippen LogP contribution in [0.15, 0.2) is 36.4 Å². The fraction of sp³-hybridized carbons (Fsp3) is 0.481. The third kappa shape index (κ3) is 4.50. The van der Waals surface area contributed by atoms with Gasteiger partial charge < -0.3 is 19.7 Å². The molecule has 7 heteroatoms. The van der Waals surface area contributed by atoms with Crippen molar-refractivity contribution in [2.45, 2.75) is 51.0 Å². The topological polar surface area (TPSA) is 67.9 Å². The number of benzene rings is 2. The summed E-state index contributed by atoms with van der Waals surface area (Å²) in [6.07, 6.45) is 4.53. The van der Waals surface area contributed by atoms with Crippen molar-refractivity contribution in [3.8, 4) is 11.5 Å². The molecule has 2 amide bonds. The number of carbonyl (C=O) groups excluding carboxylic acids is 2. The van der Waals surface area contributed by atoms with Crippen molar-refractivity contribution < 1.29 is 19.1 Å². The number of carbonyl (C=O) groups is 2. The van der Waals surface area contributed by atoms with Gasteiger partial charge in [-0.15, -0.1) is 11.8 Å². The van der Waals surface area contributed by atoms with Gasteiger partial charge in [0.15, 0.2) is 11.5 Å². The number of rotatable bonds is 5. The molecule has 2 aliphatic heterocycles. The normalized spacial score (nSPS) is 20.2. The number of hydrogen-bond acceptors (Lipinski definition) is 5. The van der Waals surface area contributed by atoms with E-state index in [1.165, 1.54) is 35.7 Å². The van der Waals surface area contributed by atoms with Gasteiger partial charge in [0.05, 0.1) is 17.5 Å². The van der Waals surface area contributed by atoms with Gasteiger partial charge in [0, 0.05) is 17.6 Å². The Morgan fingerprint density at radius 2 is 1.74 bits per heavy atom. The molecule has 1 saturated carbocycles. The van der Waals surface area contributed by atoms with E-state index in [0.717, 1.165) is 42.1 Å². The van der Waals surface area contributed by atoms with E-state index in [1.54, 1.807) is 0 Å². The lowest BCUT2D eigenvalue weighted by Gasteiger charge is -2.46. The zero-order valence-corrected chi connectivity index (χ0v) is 20.7. The van der Waals surface area contributed by atoms with Crippen LogP contribution in [0.5, 0.6) is 11.5 Å². The van der Waals surface area contributed by atoms with E-state index in [4.69, 9.17) is 9.47 Å². The molecule has 1 N–H and O–H groups in total. The summed E-state index contributed by atoms with van der Waals surface area (Å²) in [5.74, 6) is 2.16. The summed E-state index contributed by atoms with van der Waals surface area (Å²) in [4.78, 5) is 27.7. The van der Waals surface area contributed by atoms with Crippen molar-refractivity contribution in [3.05, 3.63) is 53.1 Å². The molecule has 2 aromatic carbocycles. The first-order valence-electron chi connectivity index (χ1n) is 12.1. The van der Waals surface area contributed by atoms with Crippen LogP contribution < -0.4 is 14.8 Å². The summed E-state index contributed by atoms with van der Waals surface area (Å²) < 4.78 is 11.7. The van der Waals surface area contributed by atoms with E-state index in [-0.39, 0.29) is 29.0 Å². The molecule has 2 heterocycles. The highest BCUT2D eigenvalue weighted by atomic mass is 32.2. The molecule has 0 aromatic heterocycles. The molecule has 2 aromatic rings. The predicted molar refractivity (Wildman–Crippen MR) is 135 cm³/mol. The molecule has 0 bridgehead atoms. The van der Waals surface area contributed by atoms with E-state index in [0.29, 0.717) is 19.0 Å². The van der Waals surface area contributed by atoms with Crippen LogP contribution in [-0.2, 0) is 15.0 Å².